The van der Waals surface area contributed by atoms with E-state index in [1.165, 1.54) is 23.9 Å². The van der Waals surface area contributed by atoms with E-state index in [1.807, 2.05) is 37.3 Å². The Hall–Kier alpha value is -3.19. The average molecular weight is 421 g/mol. The van der Waals surface area contributed by atoms with Crippen molar-refractivity contribution in [3.8, 4) is 11.6 Å². The number of nitrogens with zero attached hydrogens (tertiary/aromatic N) is 3. The van der Waals surface area contributed by atoms with Crippen molar-refractivity contribution in [2.24, 2.45) is 0 Å². The number of para-hydroxylation sites is 1. The first-order valence-corrected chi connectivity index (χ1v) is 10.5. The molecule has 7 heteroatoms. The van der Waals surface area contributed by atoms with Crippen molar-refractivity contribution in [1.29, 1.82) is 0 Å². The molecule has 0 aliphatic heterocycles. The Labute approximate surface area is 177 Å². The van der Waals surface area contributed by atoms with Crippen LogP contribution >= 0.6 is 11.8 Å². The van der Waals surface area contributed by atoms with Crippen LogP contribution in [0.2, 0.25) is 0 Å². The van der Waals surface area contributed by atoms with Gasteiger partial charge in [0.15, 0.2) is 11.6 Å². The third-order valence-corrected chi connectivity index (χ3v) is 5.94. The van der Waals surface area contributed by atoms with Crippen LogP contribution in [0.15, 0.2) is 76.4 Å². The van der Waals surface area contributed by atoms with Gasteiger partial charge in [-0.05, 0) is 42.8 Å². The molecule has 0 N–H and O–H groups in total. The highest BCUT2D eigenvalue weighted by molar-refractivity contribution is 8.00. The molecule has 2 aromatic carbocycles. The molecule has 0 fully saturated rings. The molecule has 0 aliphatic carbocycles. The number of thioether (sulfide) groups is 1. The monoisotopic (exact) mass is 421 g/mol. The number of hydrogen-bond donors (Lipinski definition) is 0. The van der Waals surface area contributed by atoms with Gasteiger partial charge in [-0.15, -0.1) is 0 Å². The molecule has 0 spiro atoms. The van der Waals surface area contributed by atoms with Gasteiger partial charge in [0.1, 0.15) is 10.8 Å². The Bertz CT molecular complexity index is 1160. The summed E-state index contributed by atoms with van der Waals surface area (Å²) in [6.07, 6.45) is 1.58. The van der Waals surface area contributed by atoms with E-state index in [2.05, 4.69) is 9.97 Å². The number of carbonyl (C=O) groups is 1. The van der Waals surface area contributed by atoms with Crippen LogP contribution in [0.3, 0.4) is 0 Å². The predicted molar refractivity (Wildman–Crippen MR) is 116 cm³/mol. The lowest BCUT2D eigenvalue weighted by molar-refractivity contribution is -0.128. The van der Waals surface area contributed by atoms with Gasteiger partial charge in [0.05, 0.1) is 23.6 Å². The fourth-order valence-electron chi connectivity index (χ4n) is 3.09. The highest BCUT2D eigenvalue weighted by Crippen LogP contribution is 2.29. The van der Waals surface area contributed by atoms with Crippen LogP contribution in [-0.4, -0.2) is 33.6 Å². The van der Waals surface area contributed by atoms with Crippen LogP contribution in [0.1, 0.15) is 18.5 Å². The number of benzene rings is 2. The molecule has 4 rings (SSSR count). The van der Waals surface area contributed by atoms with Gasteiger partial charge in [-0.2, -0.15) is 0 Å². The molecular formula is C23H20FN3O2S. The molecule has 2 heterocycles. The minimum absolute atomic E-state index is 0.0425. The molecule has 2 aromatic heterocycles. The van der Waals surface area contributed by atoms with Crippen LogP contribution in [0, 0.1) is 5.82 Å². The molecule has 152 valence electrons. The first kappa shape index (κ1) is 20.1. The van der Waals surface area contributed by atoms with E-state index >= 15 is 0 Å². The maximum atomic E-state index is 13.2. The second-order valence-corrected chi connectivity index (χ2v) is 7.83. The van der Waals surface area contributed by atoms with Crippen LogP contribution in [0.5, 0.6) is 0 Å². The zero-order chi connectivity index (χ0) is 21.1. The van der Waals surface area contributed by atoms with Crippen molar-refractivity contribution in [2.75, 3.05) is 12.8 Å². The molecule has 5 nitrogen and oxygen atoms in total. The standard InChI is InChI=1S/C23H20FN3O2S/c1-15(16-9-11-17(24)12-10-16)27(2)21(28)14-30-23-18-6-3-4-7-19(18)25-22(26-23)20-8-5-13-29-20/h3-13,15H,14H2,1-2H3. The largest absolute Gasteiger partial charge is 0.461 e. The van der Waals surface area contributed by atoms with Crippen molar-refractivity contribution in [2.45, 2.75) is 18.0 Å². The minimum Gasteiger partial charge on any atom is -0.461 e. The summed E-state index contributed by atoms with van der Waals surface area (Å²) in [6, 6.07) is 17.3. The van der Waals surface area contributed by atoms with Crippen LogP contribution < -0.4 is 0 Å². The predicted octanol–water partition coefficient (Wildman–Crippen LogP) is 5.34. The van der Waals surface area contributed by atoms with Crippen molar-refractivity contribution in [3.63, 3.8) is 0 Å². The summed E-state index contributed by atoms with van der Waals surface area (Å²) in [5.74, 6) is 0.955. The molecular weight excluding hydrogens is 401 g/mol. The highest BCUT2D eigenvalue weighted by Gasteiger charge is 2.19. The van der Waals surface area contributed by atoms with Gasteiger partial charge in [-0.1, -0.05) is 42.1 Å². The molecule has 0 saturated carbocycles. The van der Waals surface area contributed by atoms with E-state index in [1.54, 1.807) is 36.4 Å². The van der Waals surface area contributed by atoms with Gasteiger partial charge >= 0.3 is 0 Å². The molecule has 1 atom stereocenters. The maximum absolute atomic E-state index is 13.2. The minimum atomic E-state index is -0.293. The lowest BCUT2D eigenvalue weighted by Gasteiger charge is -2.25. The van der Waals surface area contributed by atoms with Crippen molar-refractivity contribution < 1.29 is 13.6 Å². The van der Waals surface area contributed by atoms with Crippen molar-refractivity contribution in [3.05, 3.63) is 78.3 Å². The summed E-state index contributed by atoms with van der Waals surface area (Å²) >= 11 is 1.37. The number of rotatable bonds is 6. The Kier molecular flexibility index (Phi) is 5.81. The summed E-state index contributed by atoms with van der Waals surface area (Å²) in [4.78, 5) is 23.7. The Balaban J connectivity index is 1.54. The van der Waals surface area contributed by atoms with Crippen LogP contribution in [0.25, 0.3) is 22.5 Å². The molecule has 0 radical (unpaired) electrons. The quantitative estimate of drug-likeness (QED) is 0.311. The highest BCUT2D eigenvalue weighted by atomic mass is 32.2. The first-order valence-electron chi connectivity index (χ1n) is 9.47. The number of furan rings is 1. The number of amides is 1. The Morgan fingerprint density at radius 2 is 1.87 bits per heavy atom. The van der Waals surface area contributed by atoms with Crippen LogP contribution in [-0.2, 0) is 4.79 Å². The second-order valence-electron chi connectivity index (χ2n) is 6.87. The number of hydrogen-bond acceptors (Lipinski definition) is 5. The van der Waals surface area contributed by atoms with Crippen molar-refractivity contribution >= 4 is 28.6 Å². The third-order valence-electron chi connectivity index (χ3n) is 4.97. The number of carbonyl (C=O) groups excluding carboxylic acids is 1. The summed E-state index contributed by atoms with van der Waals surface area (Å²) in [7, 11) is 1.75. The molecule has 30 heavy (non-hydrogen) atoms. The summed E-state index contributed by atoms with van der Waals surface area (Å²) in [5.41, 5.74) is 1.67. The van der Waals surface area contributed by atoms with E-state index in [0.29, 0.717) is 11.6 Å². The lowest BCUT2D eigenvalue weighted by atomic mass is 10.1. The molecule has 0 saturated heterocycles. The molecule has 1 amide bonds. The third kappa shape index (κ3) is 4.21. The molecule has 0 bridgehead atoms. The summed E-state index contributed by atoms with van der Waals surface area (Å²) in [5, 5.41) is 1.61. The van der Waals surface area contributed by atoms with E-state index in [0.717, 1.165) is 21.5 Å². The van der Waals surface area contributed by atoms with E-state index < -0.39 is 0 Å². The van der Waals surface area contributed by atoms with E-state index in [4.69, 9.17) is 4.42 Å². The topological polar surface area (TPSA) is 59.2 Å². The number of fused-ring (bicyclic) bond motifs is 1. The average Bonchev–Trinajstić information content (AvgIpc) is 3.31. The van der Waals surface area contributed by atoms with Gasteiger partial charge in [0.2, 0.25) is 5.91 Å². The van der Waals surface area contributed by atoms with Gasteiger partial charge in [0, 0.05) is 12.4 Å². The normalized spacial score (nSPS) is 12.1. The molecule has 4 aromatic rings. The van der Waals surface area contributed by atoms with Crippen molar-refractivity contribution in [1.82, 2.24) is 14.9 Å². The second kappa shape index (κ2) is 8.67. The number of halogens is 1. The van der Waals surface area contributed by atoms with Gasteiger partial charge < -0.3 is 9.32 Å². The fourth-order valence-corrected chi connectivity index (χ4v) is 4.03. The molecule has 1 unspecified atom stereocenters. The fraction of sp³-hybridized carbons (Fsp3) is 0.174. The first-order chi connectivity index (χ1) is 14.5. The zero-order valence-corrected chi connectivity index (χ0v) is 17.4. The SMILES string of the molecule is CC(c1ccc(F)cc1)N(C)C(=O)CSc1nc(-c2ccco2)nc2ccccc12. The smallest absolute Gasteiger partial charge is 0.233 e. The lowest BCUT2D eigenvalue weighted by Crippen LogP contribution is -2.31. The van der Waals surface area contributed by atoms with Gasteiger partial charge in [-0.25, -0.2) is 14.4 Å². The maximum Gasteiger partial charge on any atom is 0.233 e. The zero-order valence-electron chi connectivity index (χ0n) is 16.6. The summed E-state index contributed by atoms with van der Waals surface area (Å²) < 4.78 is 18.6. The number of aromatic nitrogens is 2. The Morgan fingerprint density at radius 3 is 2.60 bits per heavy atom. The molecule has 0 aliphatic rings. The summed E-state index contributed by atoms with van der Waals surface area (Å²) in [6.45, 7) is 1.92. The van der Waals surface area contributed by atoms with Gasteiger partial charge in [-0.3, -0.25) is 4.79 Å². The van der Waals surface area contributed by atoms with Crippen LogP contribution in [0.4, 0.5) is 4.39 Å². The van der Waals surface area contributed by atoms with E-state index in [9.17, 15) is 9.18 Å². The Morgan fingerprint density at radius 1 is 1.10 bits per heavy atom. The van der Waals surface area contributed by atoms with E-state index in [-0.39, 0.29) is 23.5 Å². The van der Waals surface area contributed by atoms with Gasteiger partial charge in [0.25, 0.3) is 0 Å².